The Morgan fingerprint density at radius 3 is 2.49 bits per heavy atom. The van der Waals surface area contributed by atoms with Crippen molar-refractivity contribution in [1.29, 1.82) is 0 Å². The lowest BCUT2D eigenvalue weighted by Crippen LogP contribution is -2.51. The maximum absolute atomic E-state index is 14.8. The number of amides is 3. The summed E-state index contributed by atoms with van der Waals surface area (Å²) in [4.78, 5) is 46.9. The summed E-state index contributed by atoms with van der Waals surface area (Å²) >= 11 is 0. The van der Waals surface area contributed by atoms with Crippen LogP contribution in [-0.4, -0.2) is 51.6 Å². The van der Waals surface area contributed by atoms with E-state index in [9.17, 15) is 37.1 Å². The highest BCUT2D eigenvalue weighted by molar-refractivity contribution is 6.06. The summed E-state index contributed by atoms with van der Waals surface area (Å²) in [6.45, 7) is 0.401. The molecule has 2 fully saturated rings. The van der Waals surface area contributed by atoms with Gasteiger partial charge in [0.1, 0.15) is 23.0 Å². The first-order valence-corrected chi connectivity index (χ1v) is 14.8. The first kappa shape index (κ1) is 30.5. The number of aliphatic hydroxyl groups is 1. The molecule has 2 aliphatic carbocycles. The molecule has 47 heavy (non-hydrogen) atoms. The average molecular weight is 650 g/mol. The summed E-state index contributed by atoms with van der Waals surface area (Å²) in [6.07, 6.45) is -2.96. The van der Waals surface area contributed by atoms with Gasteiger partial charge in [-0.3, -0.25) is 19.4 Å². The zero-order chi connectivity index (χ0) is 33.5. The molecule has 0 spiro atoms. The maximum Gasteiger partial charge on any atom is 0.424 e. The third kappa shape index (κ3) is 5.03. The minimum Gasteiger partial charge on any atom is -0.486 e. The molecule has 10 nitrogen and oxygen atoms in total. The van der Waals surface area contributed by atoms with Gasteiger partial charge in [-0.25, -0.2) is 9.37 Å². The Kier molecular flexibility index (Phi) is 6.79. The maximum atomic E-state index is 14.8. The molecule has 14 heteroatoms. The van der Waals surface area contributed by atoms with Crippen molar-refractivity contribution < 1.29 is 41.8 Å². The molecular weight excluding hydrogens is 622 g/mol. The van der Waals surface area contributed by atoms with E-state index in [1.807, 2.05) is 0 Å². The summed E-state index contributed by atoms with van der Waals surface area (Å²) < 4.78 is 64.0. The van der Waals surface area contributed by atoms with Gasteiger partial charge in [0.2, 0.25) is 17.4 Å². The molecule has 2 unspecified atom stereocenters. The van der Waals surface area contributed by atoms with Crippen molar-refractivity contribution in [3.05, 3.63) is 82.9 Å². The highest BCUT2D eigenvalue weighted by atomic mass is 19.4. The van der Waals surface area contributed by atoms with Crippen LogP contribution in [0.3, 0.4) is 0 Å². The molecule has 2 aromatic heterocycles. The Hall–Kier alpha value is -5.11. The van der Waals surface area contributed by atoms with E-state index < -0.39 is 53.2 Å². The predicted octanol–water partition coefficient (Wildman–Crippen LogP) is 4.16. The Morgan fingerprint density at radius 2 is 1.83 bits per heavy atom. The zero-order valence-corrected chi connectivity index (χ0v) is 24.7. The number of hydrogen-bond donors (Lipinski definition) is 4. The van der Waals surface area contributed by atoms with Crippen LogP contribution in [0.4, 0.5) is 23.2 Å². The van der Waals surface area contributed by atoms with E-state index in [1.165, 1.54) is 24.3 Å². The van der Waals surface area contributed by atoms with E-state index in [4.69, 9.17) is 10.5 Å². The van der Waals surface area contributed by atoms with Gasteiger partial charge in [0, 0.05) is 40.6 Å². The van der Waals surface area contributed by atoms with Crippen molar-refractivity contribution in [2.75, 3.05) is 11.9 Å². The summed E-state index contributed by atoms with van der Waals surface area (Å²) in [5, 5.41) is 16.7. The number of fused-ring (bicyclic) bond motifs is 4. The Labute approximate surface area is 264 Å². The van der Waals surface area contributed by atoms with Crippen molar-refractivity contribution in [2.24, 2.45) is 11.7 Å². The van der Waals surface area contributed by atoms with Gasteiger partial charge in [-0.15, -0.1) is 0 Å². The minimum atomic E-state index is -5.38. The molecule has 0 radical (unpaired) electrons. The van der Waals surface area contributed by atoms with E-state index in [2.05, 4.69) is 20.6 Å². The number of alkyl halides is 3. The van der Waals surface area contributed by atoms with Gasteiger partial charge in [0.25, 0.3) is 5.91 Å². The number of carbonyl (C=O) groups excluding carboxylic acids is 3. The summed E-state index contributed by atoms with van der Waals surface area (Å²) in [7, 11) is 0. The quantitative estimate of drug-likeness (QED) is 0.209. The number of anilines is 1. The zero-order valence-electron chi connectivity index (χ0n) is 24.7. The lowest BCUT2D eigenvalue weighted by atomic mass is 9.89. The van der Waals surface area contributed by atoms with Crippen LogP contribution in [0, 0.1) is 18.7 Å². The summed E-state index contributed by atoms with van der Waals surface area (Å²) in [5.74, 6) is -2.82. The normalized spacial score (nSPS) is 20.9. The molecule has 7 rings (SSSR count). The molecule has 3 heterocycles. The third-order valence-corrected chi connectivity index (χ3v) is 8.95. The smallest absolute Gasteiger partial charge is 0.424 e. The van der Waals surface area contributed by atoms with Crippen molar-refractivity contribution >= 4 is 34.3 Å². The van der Waals surface area contributed by atoms with Crippen LogP contribution in [0.15, 0.2) is 54.7 Å². The second kappa shape index (κ2) is 10.5. The van der Waals surface area contributed by atoms with Crippen molar-refractivity contribution in [3.8, 4) is 17.0 Å². The second-order valence-corrected chi connectivity index (χ2v) is 12.3. The highest BCUT2D eigenvalue weighted by Gasteiger charge is 2.69. The molecule has 5 N–H and O–H groups in total. The van der Waals surface area contributed by atoms with E-state index in [0.717, 1.165) is 36.6 Å². The number of rotatable bonds is 8. The number of hydrogen-bond acceptors (Lipinski definition) is 7. The number of ether oxygens (including phenoxy) is 1. The van der Waals surface area contributed by atoms with Crippen LogP contribution >= 0.6 is 0 Å². The van der Waals surface area contributed by atoms with Gasteiger partial charge in [-0.2, -0.15) is 13.2 Å². The molecule has 0 bridgehead atoms. The average Bonchev–Trinajstić information content (AvgIpc) is 3.95. The summed E-state index contributed by atoms with van der Waals surface area (Å²) in [5.41, 5.74) is 0.856. The number of benzene rings is 2. The number of nitrogens with one attached hydrogen (secondary N) is 2. The highest BCUT2D eigenvalue weighted by Crippen LogP contribution is 2.61. The number of primary amides is 1. The van der Waals surface area contributed by atoms with Crippen molar-refractivity contribution in [3.63, 3.8) is 0 Å². The molecule has 3 atom stereocenters. The van der Waals surface area contributed by atoms with Crippen LogP contribution < -0.4 is 21.1 Å². The molecule has 242 valence electrons. The van der Waals surface area contributed by atoms with Gasteiger partial charge < -0.3 is 26.2 Å². The molecule has 3 amide bonds. The fraction of sp³-hybridized carbons (Fsp3) is 0.303. The fourth-order valence-electron chi connectivity index (χ4n) is 6.01. The van der Waals surface area contributed by atoms with Crippen LogP contribution in [0.25, 0.3) is 22.2 Å². The monoisotopic (exact) mass is 649 g/mol. The van der Waals surface area contributed by atoms with Crippen LogP contribution in [-0.2, 0) is 20.6 Å². The third-order valence-electron chi connectivity index (χ3n) is 8.95. The van der Waals surface area contributed by atoms with Gasteiger partial charge in [0.05, 0.1) is 23.4 Å². The first-order chi connectivity index (χ1) is 22.2. The molecule has 0 saturated heterocycles. The van der Waals surface area contributed by atoms with Gasteiger partial charge >= 0.3 is 6.18 Å². The fourth-order valence-corrected chi connectivity index (χ4v) is 6.01. The molecule has 4 aromatic rings. The topological polar surface area (TPSA) is 157 Å². The Morgan fingerprint density at radius 1 is 1.11 bits per heavy atom. The van der Waals surface area contributed by atoms with Crippen molar-refractivity contribution in [2.45, 2.75) is 49.5 Å². The summed E-state index contributed by atoms with van der Waals surface area (Å²) in [6, 6.07) is 10.1. The number of aromatic nitrogens is 2. The Bertz CT molecular complexity index is 2000. The van der Waals surface area contributed by atoms with Crippen molar-refractivity contribution in [1.82, 2.24) is 15.3 Å². The Balaban J connectivity index is 1.27. The van der Waals surface area contributed by atoms with Crippen LogP contribution in [0.2, 0.25) is 0 Å². The predicted molar refractivity (Wildman–Crippen MR) is 160 cm³/mol. The van der Waals surface area contributed by atoms with E-state index in [0.29, 0.717) is 10.9 Å². The number of nitrogens with two attached hydrogens (primary N) is 1. The number of nitrogens with zero attached hydrogens (tertiary/aromatic N) is 2. The molecule has 3 aliphatic rings. The van der Waals surface area contributed by atoms with Gasteiger partial charge in [-0.05, 0) is 73.9 Å². The minimum absolute atomic E-state index is 0.00445. The largest absolute Gasteiger partial charge is 0.486 e. The first-order valence-electron chi connectivity index (χ1n) is 14.8. The molecular formula is C33H27F4N5O5. The van der Waals surface area contributed by atoms with E-state index >= 15 is 0 Å². The lowest BCUT2D eigenvalue weighted by Gasteiger charge is -2.31. The molecule has 2 saturated carbocycles. The molecule has 1 aliphatic heterocycles. The number of carbonyl (C=O) groups is 3. The molecule has 2 aromatic carbocycles. The van der Waals surface area contributed by atoms with E-state index in [1.54, 1.807) is 19.2 Å². The second-order valence-electron chi connectivity index (χ2n) is 12.3. The van der Waals surface area contributed by atoms with Crippen LogP contribution in [0.1, 0.15) is 46.4 Å². The van der Waals surface area contributed by atoms with Gasteiger partial charge in [0.15, 0.2) is 5.75 Å². The standard InChI is InChI=1S/C33H27F4N5O5/c1-15-8-18-9-19(10-22(25(18)39-13-15)41-29(44)17-2-3-17)28(43)40-14-32(46,33(35,36)37)23-11-21-27(47-24-12-31(21,24)30(38)45)26(42-23)16-4-6-20(34)7-5-16/h4-11,13,17,24,46H,2-3,12,14H2,1H3,(H2,38,45)(H,40,43)(H,41,44)/t24?,31-,32?/m1/s1. The van der Waals surface area contributed by atoms with E-state index in [-0.39, 0.29) is 52.1 Å². The number of pyridine rings is 2. The lowest BCUT2D eigenvalue weighted by molar-refractivity contribution is -0.265. The number of aryl methyl sites for hydroxylation is 1. The van der Waals surface area contributed by atoms with Gasteiger partial charge in [-0.1, -0.05) is 0 Å². The number of halogens is 4. The van der Waals surface area contributed by atoms with Crippen LogP contribution in [0.5, 0.6) is 5.75 Å². The SMILES string of the molecule is Cc1cnc2c(NC(=O)C3CC3)cc(C(=O)NCC(O)(c3cc4c(c(-c5ccc(F)cc5)n3)OC3C[C@@]43C(N)=O)C(F)(F)F)cc2c1.